The van der Waals surface area contributed by atoms with Gasteiger partial charge in [0.25, 0.3) is 5.92 Å². The van der Waals surface area contributed by atoms with Crippen molar-refractivity contribution in [1.29, 1.82) is 0 Å². The molecular formula is C5H8F2N4S. The second-order valence-electron chi connectivity index (χ2n) is 2.54. The Morgan fingerprint density at radius 2 is 2.33 bits per heavy atom. The van der Waals surface area contributed by atoms with Crippen LogP contribution in [0.1, 0.15) is 6.92 Å². The van der Waals surface area contributed by atoms with Gasteiger partial charge < -0.3 is 5.73 Å². The first-order chi connectivity index (χ1) is 5.40. The number of hydrogen-bond acceptors (Lipinski definition) is 3. The molecule has 0 unspecified atom stereocenters. The minimum absolute atomic E-state index is 0.0264. The fourth-order valence-corrected chi connectivity index (χ4v) is 0.964. The molecule has 0 aliphatic heterocycles. The van der Waals surface area contributed by atoms with Crippen molar-refractivity contribution in [3.8, 4) is 0 Å². The van der Waals surface area contributed by atoms with Gasteiger partial charge in [-0.15, -0.1) is 5.10 Å². The highest BCUT2D eigenvalue weighted by atomic mass is 32.1. The van der Waals surface area contributed by atoms with Crippen molar-refractivity contribution in [2.75, 3.05) is 5.73 Å². The van der Waals surface area contributed by atoms with Crippen LogP contribution in [-0.4, -0.2) is 20.7 Å². The summed E-state index contributed by atoms with van der Waals surface area (Å²) in [4.78, 5) is 0. The van der Waals surface area contributed by atoms with Gasteiger partial charge in [0, 0.05) is 6.92 Å². The van der Waals surface area contributed by atoms with E-state index >= 15 is 0 Å². The average Bonchev–Trinajstić information content (AvgIpc) is 2.16. The third-order valence-corrected chi connectivity index (χ3v) is 1.54. The summed E-state index contributed by atoms with van der Waals surface area (Å²) in [7, 11) is 0. The van der Waals surface area contributed by atoms with Gasteiger partial charge in [-0.1, -0.05) is 0 Å². The van der Waals surface area contributed by atoms with Crippen LogP contribution in [-0.2, 0) is 6.54 Å². The van der Waals surface area contributed by atoms with Crippen molar-refractivity contribution in [3.63, 3.8) is 0 Å². The number of rotatable bonds is 2. The number of aromatic amines is 1. The van der Waals surface area contributed by atoms with Gasteiger partial charge in [0.1, 0.15) is 0 Å². The molecule has 1 heterocycles. The first kappa shape index (κ1) is 9.11. The number of halogens is 2. The van der Waals surface area contributed by atoms with E-state index in [-0.39, 0.29) is 10.7 Å². The largest absolute Gasteiger partial charge is 0.368 e. The Morgan fingerprint density at radius 1 is 1.75 bits per heavy atom. The summed E-state index contributed by atoms with van der Waals surface area (Å²) in [6.07, 6.45) is 0. The highest BCUT2D eigenvalue weighted by molar-refractivity contribution is 7.71. The van der Waals surface area contributed by atoms with Gasteiger partial charge in [-0.2, -0.15) is 0 Å². The topological polar surface area (TPSA) is 59.6 Å². The zero-order chi connectivity index (χ0) is 9.35. The summed E-state index contributed by atoms with van der Waals surface area (Å²) in [5, 5.41) is 5.81. The van der Waals surface area contributed by atoms with Gasteiger partial charge in [0.2, 0.25) is 5.95 Å². The molecule has 1 rings (SSSR count). The molecular weight excluding hydrogens is 186 g/mol. The Labute approximate surface area is 72.4 Å². The van der Waals surface area contributed by atoms with Crippen LogP contribution < -0.4 is 5.73 Å². The van der Waals surface area contributed by atoms with Crippen LogP contribution >= 0.6 is 12.2 Å². The quantitative estimate of drug-likeness (QED) is 0.695. The van der Waals surface area contributed by atoms with Crippen molar-refractivity contribution >= 4 is 18.2 Å². The van der Waals surface area contributed by atoms with Crippen LogP contribution in [0.15, 0.2) is 0 Å². The molecule has 68 valence electrons. The van der Waals surface area contributed by atoms with Crippen molar-refractivity contribution in [2.24, 2.45) is 0 Å². The fraction of sp³-hybridized carbons (Fsp3) is 0.600. The lowest BCUT2D eigenvalue weighted by molar-refractivity contribution is 0.00402. The van der Waals surface area contributed by atoms with Crippen molar-refractivity contribution in [2.45, 2.75) is 19.4 Å². The molecule has 0 saturated carbocycles. The van der Waals surface area contributed by atoms with Crippen LogP contribution in [0.25, 0.3) is 0 Å². The molecule has 0 radical (unpaired) electrons. The number of alkyl halides is 2. The molecule has 3 N–H and O–H groups in total. The van der Waals surface area contributed by atoms with E-state index in [9.17, 15) is 8.78 Å². The maximum Gasteiger partial charge on any atom is 0.263 e. The Kier molecular flexibility index (Phi) is 2.14. The molecule has 0 spiro atoms. The van der Waals surface area contributed by atoms with Crippen LogP contribution in [0.2, 0.25) is 0 Å². The Balaban J connectivity index is 2.96. The number of nitrogens with two attached hydrogens (primary N) is 1. The Morgan fingerprint density at radius 3 is 2.67 bits per heavy atom. The molecule has 0 aliphatic carbocycles. The van der Waals surface area contributed by atoms with Crippen molar-refractivity contribution < 1.29 is 8.78 Å². The molecule has 12 heavy (non-hydrogen) atoms. The summed E-state index contributed by atoms with van der Waals surface area (Å²) in [5.41, 5.74) is 5.27. The summed E-state index contributed by atoms with van der Waals surface area (Å²) in [6.45, 7) is 0.245. The zero-order valence-corrected chi connectivity index (χ0v) is 7.16. The predicted molar refractivity (Wildman–Crippen MR) is 42.4 cm³/mol. The van der Waals surface area contributed by atoms with Gasteiger partial charge in [-0.3, -0.25) is 4.57 Å². The third-order valence-electron chi connectivity index (χ3n) is 1.22. The number of H-pyrrole nitrogens is 1. The molecule has 0 saturated heterocycles. The third kappa shape index (κ3) is 2.00. The van der Waals surface area contributed by atoms with E-state index in [1.54, 1.807) is 0 Å². The lowest BCUT2D eigenvalue weighted by Gasteiger charge is -2.10. The molecule has 0 fully saturated rings. The standard InChI is InChI=1S/C5H8F2N4S/c1-5(6,7)2-11-3(8)9-10-4(11)12/h2H2,1H3,(H2,8,9)(H,10,12). The minimum atomic E-state index is -2.84. The summed E-state index contributed by atoms with van der Waals surface area (Å²) in [6, 6.07) is 0. The Hall–Kier alpha value is -0.980. The molecule has 0 atom stereocenters. The molecule has 0 bridgehead atoms. The predicted octanol–water partition coefficient (Wildman–Crippen LogP) is 1.18. The summed E-state index contributed by atoms with van der Waals surface area (Å²) in [5.74, 6) is -2.86. The monoisotopic (exact) mass is 194 g/mol. The number of nitrogens with zero attached hydrogens (tertiary/aromatic N) is 2. The number of hydrogen-bond donors (Lipinski definition) is 2. The van der Waals surface area contributed by atoms with Crippen molar-refractivity contribution in [1.82, 2.24) is 14.8 Å². The first-order valence-corrected chi connectivity index (χ1v) is 3.59. The van der Waals surface area contributed by atoms with Gasteiger partial charge in [0.15, 0.2) is 4.77 Å². The van der Waals surface area contributed by atoms with Crippen molar-refractivity contribution in [3.05, 3.63) is 4.77 Å². The number of anilines is 1. The van der Waals surface area contributed by atoms with Crippen LogP contribution in [0.4, 0.5) is 14.7 Å². The van der Waals surface area contributed by atoms with E-state index in [4.69, 9.17) is 5.73 Å². The van der Waals surface area contributed by atoms with Crippen LogP contribution in [0, 0.1) is 4.77 Å². The maximum atomic E-state index is 12.5. The summed E-state index contributed by atoms with van der Waals surface area (Å²) >= 11 is 4.67. The molecule has 0 aliphatic rings. The van der Waals surface area contributed by atoms with E-state index in [1.807, 2.05) is 0 Å². The molecule has 1 aromatic heterocycles. The smallest absolute Gasteiger partial charge is 0.263 e. The SMILES string of the molecule is CC(F)(F)Cn1c(N)n[nH]c1=S. The number of nitrogen functional groups attached to an aromatic ring is 1. The van der Waals surface area contributed by atoms with Gasteiger partial charge >= 0.3 is 0 Å². The average molecular weight is 194 g/mol. The van der Waals surface area contributed by atoms with E-state index in [2.05, 4.69) is 22.4 Å². The lowest BCUT2D eigenvalue weighted by atomic mass is 10.4. The minimum Gasteiger partial charge on any atom is -0.368 e. The number of aromatic nitrogens is 3. The molecule has 0 aromatic carbocycles. The molecule has 0 amide bonds. The maximum absolute atomic E-state index is 12.5. The number of nitrogens with one attached hydrogen (secondary N) is 1. The molecule has 1 aromatic rings. The zero-order valence-electron chi connectivity index (χ0n) is 6.34. The fourth-order valence-electron chi connectivity index (χ4n) is 0.760. The first-order valence-electron chi connectivity index (χ1n) is 3.18. The van der Waals surface area contributed by atoms with E-state index in [0.29, 0.717) is 0 Å². The van der Waals surface area contributed by atoms with E-state index < -0.39 is 12.5 Å². The van der Waals surface area contributed by atoms with E-state index in [1.165, 1.54) is 0 Å². The highest BCUT2D eigenvalue weighted by Gasteiger charge is 2.23. The second-order valence-corrected chi connectivity index (χ2v) is 2.93. The van der Waals surface area contributed by atoms with Crippen LogP contribution in [0.5, 0.6) is 0 Å². The summed E-state index contributed by atoms with van der Waals surface area (Å²) < 4.78 is 26.1. The van der Waals surface area contributed by atoms with Crippen LogP contribution in [0.3, 0.4) is 0 Å². The van der Waals surface area contributed by atoms with Gasteiger partial charge in [0.05, 0.1) is 6.54 Å². The Bertz CT molecular complexity index is 323. The lowest BCUT2D eigenvalue weighted by Crippen LogP contribution is -2.20. The normalized spacial score (nSPS) is 11.9. The highest BCUT2D eigenvalue weighted by Crippen LogP contribution is 2.16. The molecule has 4 nitrogen and oxygen atoms in total. The van der Waals surface area contributed by atoms with Gasteiger partial charge in [-0.25, -0.2) is 13.9 Å². The van der Waals surface area contributed by atoms with E-state index in [0.717, 1.165) is 11.5 Å². The molecule has 7 heteroatoms. The van der Waals surface area contributed by atoms with Gasteiger partial charge in [-0.05, 0) is 12.2 Å². The second kappa shape index (κ2) is 2.81.